The molecule has 0 aliphatic carbocycles. The van der Waals surface area contributed by atoms with Crippen molar-refractivity contribution < 1.29 is 23.1 Å². The van der Waals surface area contributed by atoms with Gasteiger partial charge in [0.25, 0.3) is 0 Å². The lowest BCUT2D eigenvalue weighted by Crippen LogP contribution is -2.23. The number of aryl methyl sites for hydroxylation is 1. The third kappa shape index (κ3) is 1.63. The van der Waals surface area contributed by atoms with Crippen LogP contribution in [0.5, 0.6) is 0 Å². The third-order valence-electron chi connectivity index (χ3n) is 1.38. The molecule has 13 heavy (non-hydrogen) atoms. The second kappa shape index (κ2) is 2.75. The van der Waals surface area contributed by atoms with Crippen LogP contribution in [0.3, 0.4) is 0 Å². The zero-order valence-corrected chi connectivity index (χ0v) is 6.46. The van der Waals surface area contributed by atoms with Crippen molar-refractivity contribution in [3.05, 3.63) is 17.7 Å². The summed E-state index contributed by atoms with van der Waals surface area (Å²) in [4.78, 5) is 13.4. The average Bonchev–Trinajstić information content (AvgIpc) is 2.28. The summed E-state index contributed by atoms with van der Waals surface area (Å²) in [6.45, 7) is 1.13. The molecule has 1 aromatic heterocycles. The van der Waals surface area contributed by atoms with E-state index in [1.165, 1.54) is 0 Å². The molecule has 0 saturated carbocycles. The van der Waals surface area contributed by atoms with Gasteiger partial charge in [0.15, 0.2) is 0 Å². The molecule has 0 unspecified atom stereocenters. The minimum absolute atomic E-state index is 0.259. The molecule has 0 atom stereocenters. The van der Waals surface area contributed by atoms with Crippen molar-refractivity contribution in [2.75, 3.05) is 0 Å². The van der Waals surface area contributed by atoms with Crippen molar-refractivity contribution >= 4 is 5.97 Å². The molecular weight excluding hydrogens is 189 g/mol. The van der Waals surface area contributed by atoms with Crippen molar-refractivity contribution in [1.82, 2.24) is 9.55 Å². The zero-order valence-electron chi connectivity index (χ0n) is 6.46. The van der Waals surface area contributed by atoms with Gasteiger partial charge in [-0.15, -0.1) is 13.2 Å². The Hall–Kier alpha value is -1.53. The van der Waals surface area contributed by atoms with Gasteiger partial charge in [0.1, 0.15) is 0 Å². The van der Waals surface area contributed by atoms with Crippen molar-refractivity contribution in [3.63, 3.8) is 0 Å². The Kier molecular flexibility index (Phi) is 2.02. The maximum Gasteiger partial charge on any atom is 0.490 e. The smallest absolute Gasteiger partial charge is 0.475 e. The first-order valence-electron chi connectivity index (χ1n) is 3.19. The molecule has 0 aromatic carbocycles. The van der Waals surface area contributed by atoms with Crippen LogP contribution in [0.2, 0.25) is 0 Å². The van der Waals surface area contributed by atoms with Crippen LogP contribution in [-0.2, 0) is 6.30 Å². The summed E-state index contributed by atoms with van der Waals surface area (Å²) in [7, 11) is 0. The number of nitrogens with zero attached hydrogens (tertiary/aromatic N) is 2. The average molecular weight is 194 g/mol. The number of alkyl halides is 3. The molecular formula is C6H5F3N2O2. The fourth-order valence-electron chi connectivity index (χ4n) is 0.908. The van der Waals surface area contributed by atoms with Crippen LogP contribution in [0.15, 0.2) is 6.20 Å². The molecule has 72 valence electrons. The number of carboxylic acid groups (broad SMARTS) is 1. The van der Waals surface area contributed by atoms with Crippen LogP contribution in [-0.4, -0.2) is 20.6 Å². The van der Waals surface area contributed by atoms with Gasteiger partial charge < -0.3 is 5.11 Å². The molecule has 0 saturated heterocycles. The lowest BCUT2D eigenvalue weighted by Gasteiger charge is -2.10. The van der Waals surface area contributed by atoms with E-state index in [2.05, 4.69) is 4.98 Å². The predicted octanol–water partition coefficient (Wildman–Crippen LogP) is 1.37. The highest BCUT2D eigenvalue weighted by atomic mass is 19.4. The van der Waals surface area contributed by atoms with Crippen LogP contribution >= 0.6 is 0 Å². The van der Waals surface area contributed by atoms with Crippen LogP contribution in [0.25, 0.3) is 0 Å². The first-order valence-corrected chi connectivity index (χ1v) is 3.19. The minimum Gasteiger partial charge on any atom is -0.475 e. The molecule has 0 fully saturated rings. The van der Waals surface area contributed by atoms with Crippen molar-refractivity contribution in [2.45, 2.75) is 13.2 Å². The maximum atomic E-state index is 12.2. The Bertz CT molecular complexity index is 342. The Morgan fingerprint density at radius 2 is 2.15 bits per heavy atom. The summed E-state index contributed by atoms with van der Waals surface area (Å²) in [6.07, 6.45) is -3.88. The topological polar surface area (TPSA) is 55.1 Å². The van der Waals surface area contributed by atoms with Gasteiger partial charge >= 0.3 is 12.3 Å². The predicted molar refractivity (Wildman–Crippen MR) is 35.2 cm³/mol. The van der Waals surface area contributed by atoms with Gasteiger partial charge in [-0.3, -0.25) is 0 Å². The SMILES string of the molecule is Cc1cnc(C(=O)O)n1C(F)(F)F. The number of hydrogen-bond acceptors (Lipinski definition) is 2. The second-order valence-electron chi connectivity index (χ2n) is 2.33. The molecule has 1 heterocycles. The van der Waals surface area contributed by atoms with Gasteiger partial charge in [0.2, 0.25) is 5.82 Å². The Morgan fingerprint density at radius 3 is 2.46 bits per heavy atom. The van der Waals surface area contributed by atoms with Crippen molar-refractivity contribution in [2.24, 2.45) is 0 Å². The van der Waals surface area contributed by atoms with E-state index in [0.717, 1.165) is 13.1 Å². The molecule has 0 aliphatic rings. The lowest BCUT2D eigenvalue weighted by molar-refractivity contribution is -0.206. The summed E-state index contributed by atoms with van der Waals surface area (Å²) in [6, 6.07) is 0. The number of imidazole rings is 1. The first-order chi connectivity index (χ1) is 5.84. The molecule has 0 amide bonds. The van der Waals surface area contributed by atoms with E-state index in [-0.39, 0.29) is 10.3 Å². The van der Waals surface area contributed by atoms with Crippen LogP contribution < -0.4 is 0 Å². The summed E-state index contributed by atoms with van der Waals surface area (Å²) < 4.78 is 36.2. The third-order valence-corrected chi connectivity index (χ3v) is 1.38. The molecule has 0 spiro atoms. The Morgan fingerprint density at radius 1 is 1.62 bits per heavy atom. The fourth-order valence-corrected chi connectivity index (χ4v) is 0.908. The summed E-state index contributed by atoms with van der Waals surface area (Å²) in [5.41, 5.74) is -0.259. The second-order valence-corrected chi connectivity index (χ2v) is 2.33. The highest BCUT2D eigenvalue weighted by molar-refractivity contribution is 5.83. The van der Waals surface area contributed by atoms with Crippen LogP contribution in [0.1, 0.15) is 16.3 Å². The minimum atomic E-state index is -4.74. The fraction of sp³-hybridized carbons (Fsp3) is 0.333. The summed E-state index contributed by atoms with van der Waals surface area (Å²) in [5, 5.41) is 8.36. The number of carbonyl (C=O) groups is 1. The van der Waals surface area contributed by atoms with E-state index in [1.54, 1.807) is 0 Å². The molecule has 7 heteroatoms. The van der Waals surface area contributed by atoms with Gasteiger partial charge in [0.05, 0.1) is 0 Å². The summed E-state index contributed by atoms with van der Waals surface area (Å²) >= 11 is 0. The van der Waals surface area contributed by atoms with E-state index in [1.807, 2.05) is 0 Å². The lowest BCUT2D eigenvalue weighted by atomic mass is 10.5. The normalized spacial score (nSPS) is 11.7. The van der Waals surface area contributed by atoms with Crippen molar-refractivity contribution in [1.29, 1.82) is 0 Å². The number of rotatable bonds is 1. The molecule has 0 bridgehead atoms. The molecule has 4 nitrogen and oxygen atoms in total. The highest BCUT2D eigenvalue weighted by Crippen LogP contribution is 2.25. The van der Waals surface area contributed by atoms with Gasteiger partial charge in [-0.25, -0.2) is 14.3 Å². The quantitative estimate of drug-likeness (QED) is 0.734. The first kappa shape index (κ1) is 9.56. The molecule has 1 aromatic rings. The number of carboxylic acids is 1. The van der Waals surface area contributed by atoms with Crippen LogP contribution in [0.4, 0.5) is 13.2 Å². The molecule has 0 aliphatic heterocycles. The Balaban J connectivity index is 3.33. The van der Waals surface area contributed by atoms with Crippen molar-refractivity contribution in [3.8, 4) is 0 Å². The van der Waals surface area contributed by atoms with Gasteiger partial charge in [-0.1, -0.05) is 0 Å². The molecule has 1 rings (SSSR count). The zero-order chi connectivity index (χ0) is 10.2. The van der Waals surface area contributed by atoms with E-state index in [9.17, 15) is 18.0 Å². The molecule has 0 radical (unpaired) electrons. The van der Waals surface area contributed by atoms with E-state index in [0.29, 0.717) is 0 Å². The standard InChI is InChI=1S/C6H5F3N2O2/c1-3-2-10-4(5(12)13)11(3)6(7,8)9/h2H,1H3,(H,12,13). The molecule has 1 N–H and O–H groups in total. The van der Waals surface area contributed by atoms with E-state index >= 15 is 0 Å². The number of aromatic carboxylic acids is 1. The number of hydrogen-bond donors (Lipinski definition) is 1. The van der Waals surface area contributed by atoms with Gasteiger partial charge in [-0.2, -0.15) is 0 Å². The highest BCUT2D eigenvalue weighted by Gasteiger charge is 2.36. The van der Waals surface area contributed by atoms with E-state index in [4.69, 9.17) is 5.11 Å². The maximum absolute atomic E-state index is 12.2. The monoisotopic (exact) mass is 194 g/mol. The van der Waals surface area contributed by atoms with Gasteiger partial charge in [0, 0.05) is 11.9 Å². The van der Waals surface area contributed by atoms with Gasteiger partial charge in [-0.05, 0) is 6.92 Å². The van der Waals surface area contributed by atoms with Crippen LogP contribution in [0, 0.1) is 6.92 Å². The Labute approximate surface area is 70.6 Å². The van der Waals surface area contributed by atoms with E-state index < -0.39 is 18.1 Å². The summed E-state index contributed by atoms with van der Waals surface area (Å²) in [5.74, 6) is -2.73. The number of halogens is 3. The number of aromatic nitrogens is 2. The largest absolute Gasteiger partial charge is 0.490 e.